The van der Waals surface area contributed by atoms with Crippen molar-refractivity contribution in [2.24, 2.45) is 0 Å². The van der Waals surface area contributed by atoms with Gasteiger partial charge in [-0.05, 0) is 38.1 Å². The summed E-state index contributed by atoms with van der Waals surface area (Å²) in [5, 5.41) is 18.1. The predicted molar refractivity (Wildman–Crippen MR) is 60.8 cm³/mol. The summed E-state index contributed by atoms with van der Waals surface area (Å²) in [7, 11) is 0. The number of ether oxygens (including phenoxy) is 1. The van der Waals surface area contributed by atoms with Crippen molar-refractivity contribution in [3.63, 3.8) is 0 Å². The molecule has 0 unspecified atom stereocenters. The molecular weight excluding hydrogens is 215 g/mol. The molecule has 0 aromatic heterocycles. The van der Waals surface area contributed by atoms with Crippen molar-refractivity contribution in [2.45, 2.75) is 19.4 Å². The van der Waals surface area contributed by atoms with Crippen LogP contribution < -0.4 is 23.6 Å². The maximum absolute atomic E-state index is 11.7. The summed E-state index contributed by atoms with van der Waals surface area (Å²) in [5.74, 6) is 0.252. The van der Waals surface area contributed by atoms with Crippen LogP contribution in [0.4, 0.5) is 0 Å². The number of hydrogen-bond acceptors (Lipinski definition) is 4. The van der Waals surface area contributed by atoms with Crippen molar-refractivity contribution in [3.05, 3.63) is 29.8 Å². The minimum absolute atomic E-state index is 0. The first-order chi connectivity index (χ1) is 7.45. The van der Waals surface area contributed by atoms with Gasteiger partial charge < -0.3 is 16.4 Å². The summed E-state index contributed by atoms with van der Waals surface area (Å²) < 4.78 is 5.15. The van der Waals surface area contributed by atoms with Crippen LogP contribution >= 0.6 is 0 Å². The van der Waals surface area contributed by atoms with Crippen molar-refractivity contribution in [2.75, 3.05) is 13.2 Å². The van der Waals surface area contributed by atoms with Gasteiger partial charge in [0.15, 0.2) is 5.78 Å². The Kier molecular flexibility index (Phi) is 6.51. The number of rotatable bonds is 5. The SMILES string of the molecule is CC(C)(O)C(=O)c1ccc(OCCO)cc1.[H-].[Li+]. The average Bonchev–Trinajstić information content (AvgIpc) is 2.25. The number of ketones is 1. The topological polar surface area (TPSA) is 66.8 Å². The van der Waals surface area contributed by atoms with Gasteiger partial charge in [-0.3, -0.25) is 4.79 Å². The van der Waals surface area contributed by atoms with Crippen molar-refractivity contribution >= 4 is 5.78 Å². The summed E-state index contributed by atoms with van der Waals surface area (Å²) in [5.41, 5.74) is -0.933. The molecule has 0 heterocycles. The Bertz CT molecular complexity index is 359. The van der Waals surface area contributed by atoms with Gasteiger partial charge in [0.1, 0.15) is 18.0 Å². The third-order valence-corrected chi connectivity index (χ3v) is 2.03. The van der Waals surface area contributed by atoms with Crippen LogP contribution in [0.25, 0.3) is 0 Å². The molecule has 0 saturated heterocycles. The van der Waals surface area contributed by atoms with Crippen LogP contribution in [0.1, 0.15) is 25.6 Å². The monoisotopic (exact) mass is 232 g/mol. The van der Waals surface area contributed by atoms with E-state index in [1.54, 1.807) is 24.3 Å². The van der Waals surface area contributed by atoms with E-state index in [0.29, 0.717) is 11.3 Å². The second-order valence-electron chi connectivity index (χ2n) is 3.98. The molecular formula is C12H17LiO4. The minimum atomic E-state index is -1.37. The molecule has 0 aliphatic carbocycles. The van der Waals surface area contributed by atoms with E-state index in [0.717, 1.165) is 0 Å². The van der Waals surface area contributed by atoms with E-state index in [-0.39, 0.29) is 39.3 Å². The predicted octanol–water partition coefficient (Wildman–Crippen LogP) is -1.87. The van der Waals surface area contributed by atoms with Gasteiger partial charge in [0.05, 0.1) is 6.61 Å². The van der Waals surface area contributed by atoms with Gasteiger partial charge in [-0.25, -0.2) is 0 Å². The number of carbonyl (C=O) groups is 1. The van der Waals surface area contributed by atoms with E-state index in [9.17, 15) is 9.90 Å². The molecule has 17 heavy (non-hydrogen) atoms. The van der Waals surface area contributed by atoms with Gasteiger partial charge >= 0.3 is 18.9 Å². The van der Waals surface area contributed by atoms with E-state index in [4.69, 9.17) is 9.84 Å². The van der Waals surface area contributed by atoms with Crippen LogP contribution in [0.15, 0.2) is 24.3 Å². The van der Waals surface area contributed by atoms with Crippen LogP contribution in [0.3, 0.4) is 0 Å². The smallest absolute Gasteiger partial charge is 1.00 e. The molecule has 0 amide bonds. The van der Waals surface area contributed by atoms with Crippen LogP contribution in [0.2, 0.25) is 0 Å². The van der Waals surface area contributed by atoms with E-state index >= 15 is 0 Å². The number of carbonyl (C=O) groups excluding carboxylic acids is 1. The Morgan fingerprint density at radius 1 is 1.35 bits per heavy atom. The summed E-state index contributed by atoms with van der Waals surface area (Å²) in [6.45, 7) is 3.07. The molecule has 0 bridgehead atoms. The normalized spacial score (nSPS) is 10.6. The first-order valence-corrected chi connectivity index (χ1v) is 5.06. The molecule has 0 saturated carbocycles. The minimum Gasteiger partial charge on any atom is -1.00 e. The third-order valence-electron chi connectivity index (χ3n) is 2.03. The molecule has 1 rings (SSSR count). The molecule has 0 radical (unpaired) electrons. The van der Waals surface area contributed by atoms with Crippen LogP contribution in [0, 0.1) is 0 Å². The molecule has 0 atom stereocenters. The van der Waals surface area contributed by atoms with E-state index in [1.165, 1.54) is 13.8 Å². The summed E-state index contributed by atoms with van der Waals surface area (Å²) >= 11 is 0. The maximum Gasteiger partial charge on any atom is 1.00 e. The van der Waals surface area contributed by atoms with E-state index < -0.39 is 5.60 Å². The zero-order valence-electron chi connectivity index (χ0n) is 11.4. The molecule has 4 nitrogen and oxygen atoms in total. The zero-order chi connectivity index (χ0) is 12.2. The van der Waals surface area contributed by atoms with E-state index in [1.807, 2.05) is 0 Å². The average molecular weight is 232 g/mol. The standard InChI is InChI=1S/C12H16O4.Li.H/c1-12(2,15)11(14)9-3-5-10(6-4-9)16-8-7-13;;/h3-6,13,15H,7-8H2,1-2H3;;/q;+1;-1. The number of Topliss-reactive ketones (excluding diaryl/α,β-unsaturated/α-hetero) is 1. The van der Waals surface area contributed by atoms with E-state index in [2.05, 4.69) is 0 Å². The first-order valence-electron chi connectivity index (χ1n) is 5.06. The molecule has 1 aromatic rings. The van der Waals surface area contributed by atoms with Gasteiger partial charge in [0.2, 0.25) is 0 Å². The largest absolute Gasteiger partial charge is 1.00 e. The third kappa shape index (κ3) is 4.93. The molecule has 0 aliphatic heterocycles. The van der Waals surface area contributed by atoms with Gasteiger partial charge in [-0.2, -0.15) is 0 Å². The van der Waals surface area contributed by atoms with Crippen LogP contribution in [-0.4, -0.2) is 34.8 Å². The number of aliphatic hydroxyl groups is 2. The maximum atomic E-state index is 11.7. The quantitative estimate of drug-likeness (QED) is 0.461. The first kappa shape index (κ1) is 16.2. The molecule has 90 valence electrons. The van der Waals surface area contributed by atoms with Crippen LogP contribution in [-0.2, 0) is 0 Å². The van der Waals surface area contributed by atoms with Crippen molar-refractivity contribution in [1.29, 1.82) is 0 Å². The Hall–Kier alpha value is -0.793. The molecule has 2 N–H and O–H groups in total. The number of aliphatic hydroxyl groups excluding tert-OH is 1. The van der Waals surface area contributed by atoms with Crippen molar-refractivity contribution in [3.8, 4) is 5.75 Å². The Balaban J connectivity index is 0. The van der Waals surface area contributed by atoms with Gasteiger partial charge in [0, 0.05) is 5.56 Å². The Morgan fingerprint density at radius 2 is 1.88 bits per heavy atom. The Labute approximate surface area is 114 Å². The molecule has 0 aliphatic rings. The fourth-order valence-electron chi connectivity index (χ4n) is 1.22. The summed E-state index contributed by atoms with van der Waals surface area (Å²) in [6.07, 6.45) is 0. The molecule has 0 spiro atoms. The van der Waals surface area contributed by atoms with Gasteiger partial charge in [0.25, 0.3) is 0 Å². The summed E-state index contributed by atoms with van der Waals surface area (Å²) in [6, 6.07) is 6.45. The molecule has 0 fully saturated rings. The van der Waals surface area contributed by atoms with Crippen LogP contribution in [0.5, 0.6) is 5.75 Å². The second-order valence-corrected chi connectivity index (χ2v) is 3.98. The zero-order valence-corrected chi connectivity index (χ0v) is 10.4. The second kappa shape index (κ2) is 6.83. The fraction of sp³-hybridized carbons (Fsp3) is 0.417. The van der Waals surface area contributed by atoms with Crippen molar-refractivity contribution < 1.29 is 40.0 Å². The molecule has 5 heteroatoms. The summed E-state index contributed by atoms with van der Waals surface area (Å²) in [4.78, 5) is 11.7. The number of hydrogen-bond donors (Lipinski definition) is 2. The Morgan fingerprint density at radius 3 is 2.29 bits per heavy atom. The molecule has 1 aromatic carbocycles. The fourth-order valence-corrected chi connectivity index (χ4v) is 1.22. The van der Waals surface area contributed by atoms with Gasteiger partial charge in [-0.15, -0.1) is 0 Å². The number of benzene rings is 1. The van der Waals surface area contributed by atoms with Crippen molar-refractivity contribution in [1.82, 2.24) is 0 Å². The van der Waals surface area contributed by atoms with Gasteiger partial charge in [-0.1, -0.05) is 0 Å².